The van der Waals surface area contributed by atoms with E-state index in [0.29, 0.717) is 12.0 Å². The Hall–Kier alpha value is -1.84. The van der Waals surface area contributed by atoms with E-state index in [9.17, 15) is 9.59 Å². The van der Waals surface area contributed by atoms with Gasteiger partial charge >= 0.3 is 5.97 Å². The van der Waals surface area contributed by atoms with Crippen LogP contribution in [0.5, 0.6) is 0 Å². The fourth-order valence-electron chi connectivity index (χ4n) is 2.19. The fraction of sp³-hybridized carbons (Fsp3) is 0.529. The predicted octanol–water partition coefficient (Wildman–Crippen LogP) is 3.32. The van der Waals surface area contributed by atoms with Crippen molar-refractivity contribution in [3.05, 3.63) is 35.9 Å². The molecule has 21 heavy (non-hydrogen) atoms. The number of hydrogen-bond acceptors (Lipinski definition) is 3. The Morgan fingerprint density at radius 1 is 1.14 bits per heavy atom. The summed E-state index contributed by atoms with van der Waals surface area (Å²) in [4.78, 5) is 23.3. The van der Waals surface area contributed by atoms with Gasteiger partial charge in [0.15, 0.2) is 0 Å². The normalized spacial score (nSPS) is 11.7. The maximum absolute atomic E-state index is 12.2. The van der Waals surface area contributed by atoms with E-state index in [1.807, 2.05) is 18.2 Å². The Bertz CT molecular complexity index is 431. The van der Waals surface area contributed by atoms with Gasteiger partial charge < -0.3 is 10.1 Å². The van der Waals surface area contributed by atoms with Crippen molar-refractivity contribution in [2.75, 3.05) is 7.11 Å². The van der Waals surface area contributed by atoms with Gasteiger partial charge in [0.2, 0.25) is 0 Å². The monoisotopic (exact) mass is 291 g/mol. The van der Waals surface area contributed by atoms with E-state index in [-0.39, 0.29) is 17.9 Å². The predicted molar refractivity (Wildman–Crippen MR) is 83.1 cm³/mol. The summed E-state index contributed by atoms with van der Waals surface area (Å²) in [5.41, 5.74) is 0.673. The second kappa shape index (κ2) is 9.97. The van der Waals surface area contributed by atoms with Crippen LogP contribution in [0.25, 0.3) is 0 Å². The quantitative estimate of drug-likeness (QED) is 0.710. The van der Waals surface area contributed by atoms with Gasteiger partial charge in [-0.1, -0.05) is 38.0 Å². The number of nitrogens with one attached hydrogen (secondary N) is 1. The highest BCUT2D eigenvalue weighted by molar-refractivity contribution is 5.94. The van der Waals surface area contributed by atoms with Crippen LogP contribution >= 0.6 is 0 Å². The number of methoxy groups -OCH3 is 1. The van der Waals surface area contributed by atoms with E-state index in [4.69, 9.17) is 0 Å². The highest BCUT2D eigenvalue weighted by Crippen LogP contribution is 2.10. The molecule has 0 saturated carbocycles. The van der Waals surface area contributed by atoms with Crippen molar-refractivity contribution >= 4 is 11.9 Å². The third kappa shape index (κ3) is 6.93. The van der Waals surface area contributed by atoms with Gasteiger partial charge in [-0.15, -0.1) is 0 Å². The lowest BCUT2D eigenvalue weighted by Gasteiger charge is -2.18. The molecule has 1 amide bonds. The van der Waals surface area contributed by atoms with Crippen molar-refractivity contribution < 1.29 is 14.3 Å². The first kappa shape index (κ1) is 17.2. The van der Waals surface area contributed by atoms with Gasteiger partial charge in [-0.05, 0) is 31.4 Å². The molecular formula is C17H25NO3. The number of carbonyl (C=O) groups is 2. The first-order valence-electron chi connectivity index (χ1n) is 7.60. The zero-order valence-corrected chi connectivity index (χ0v) is 12.9. The molecule has 0 aliphatic heterocycles. The molecule has 0 fully saturated rings. The second-order valence-corrected chi connectivity index (χ2v) is 5.15. The maximum atomic E-state index is 12.2. The topological polar surface area (TPSA) is 55.4 Å². The van der Waals surface area contributed by atoms with Crippen LogP contribution in [0.1, 0.15) is 55.8 Å². The first-order chi connectivity index (χ1) is 10.2. The van der Waals surface area contributed by atoms with Crippen LogP contribution in [0.15, 0.2) is 30.3 Å². The number of carbonyl (C=O) groups excluding carboxylic acids is 2. The van der Waals surface area contributed by atoms with E-state index in [0.717, 1.165) is 32.1 Å². The van der Waals surface area contributed by atoms with E-state index < -0.39 is 0 Å². The SMILES string of the molecule is CCCC[C@@H](CCCC(=O)OC)NC(=O)c1ccccc1. The Kier molecular flexibility index (Phi) is 8.17. The van der Waals surface area contributed by atoms with E-state index >= 15 is 0 Å². The van der Waals surface area contributed by atoms with Crippen molar-refractivity contribution in [3.8, 4) is 0 Å². The second-order valence-electron chi connectivity index (χ2n) is 5.15. The third-order valence-electron chi connectivity index (χ3n) is 3.44. The number of rotatable bonds is 9. The van der Waals surface area contributed by atoms with Gasteiger partial charge in [-0.2, -0.15) is 0 Å². The van der Waals surface area contributed by atoms with Crippen LogP contribution in [0, 0.1) is 0 Å². The zero-order valence-electron chi connectivity index (χ0n) is 12.9. The number of esters is 1. The molecule has 4 heteroatoms. The molecule has 0 spiro atoms. The number of hydrogen-bond donors (Lipinski definition) is 1. The molecular weight excluding hydrogens is 266 g/mol. The van der Waals surface area contributed by atoms with Gasteiger partial charge in [0.25, 0.3) is 5.91 Å². The summed E-state index contributed by atoms with van der Waals surface area (Å²) in [5, 5.41) is 3.07. The number of benzene rings is 1. The number of unbranched alkanes of at least 4 members (excludes halogenated alkanes) is 1. The van der Waals surface area contributed by atoms with Crippen molar-refractivity contribution in [3.63, 3.8) is 0 Å². The number of ether oxygens (including phenoxy) is 1. The summed E-state index contributed by atoms with van der Waals surface area (Å²) in [5.74, 6) is -0.242. The maximum Gasteiger partial charge on any atom is 0.305 e. The Balaban J connectivity index is 2.48. The molecule has 0 aliphatic rings. The minimum absolute atomic E-state index is 0.0465. The first-order valence-corrected chi connectivity index (χ1v) is 7.60. The summed E-state index contributed by atoms with van der Waals surface area (Å²) < 4.78 is 4.64. The van der Waals surface area contributed by atoms with E-state index in [1.54, 1.807) is 12.1 Å². The van der Waals surface area contributed by atoms with Gasteiger partial charge in [0.05, 0.1) is 7.11 Å². The minimum atomic E-state index is -0.196. The summed E-state index contributed by atoms with van der Waals surface area (Å²) >= 11 is 0. The Morgan fingerprint density at radius 3 is 2.43 bits per heavy atom. The summed E-state index contributed by atoms with van der Waals surface area (Å²) in [6, 6.07) is 9.33. The molecule has 116 valence electrons. The standard InChI is InChI=1S/C17H25NO3/c1-3-4-11-15(12-8-13-16(19)21-2)18-17(20)14-9-6-5-7-10-14/h5-7,9-10,15H,3-4,8,11-13H2,1-2H3,(H,18,20)/t15-/m0/s1. The molecule has 0 bridgehead atoms. The molecule has 0 aliphatic carbocycles. The van der Waals surface area contributed by atoms with Crippen molar-refractivity contribution in [2.45, 2.75) is 51.5 Å². The molecule has 0 radical (unpaired) electrons. The average molecular weight is 291 g/mol. The molecule has 0 heterocycles. The van der Waals surface area contributed by atoms with Crippen molar-refractivity contribution in [1.29, 1.82) is 0 Å². The molecule has 1 rings (SSSR count). The summed E-state index contributed by atoms with van der Waals surface area (Å²) in [7, 11) is 1.40. The lowest BCUT2D eigenvalue weighted by Crippen LogP contribution is -2.35. The minimum Gasteiger partial charge on any atom is -0.469 e. The number of amides is 1. The highest BCUT2D eigenvalue weighted by Gasteiger charge is 2.14. The zero-order chi connectivity index (χ0) is 15.5. The lowest BCUT2D eigenvalue weighted by atomic mass is 10.0. The molecule has 1 N–H and O–H groups in total. The van der Waals surface area contributed by atoms with Gasteiger partial charge in [0.1, 0.15) is 0 Å². The molecule has 1 atom stereocenters. The van der Waals surface area contributed by atoms with E-state index in [1.165, 1.54) is 7.11 Å². The highest BCUT2D eigenvalue weighted by atomic mass is 16.5. The molecule has 1 aromatic carbocycles. The van der Waals surface area contributed by atoms with Crippen molar-refractivity contribution in [1.82, 2.24) is 5.32 Å². The van der Waals surface area contributed by atoms with Gasteiger partial charge in [0, 0.05) is 18.0 Å². The van der Waals surface area contributed by atoms with Gasteiger partial charge in [-0.3, -0.25) is 9.59 Å². The summed E-state index contributed by atoms with van der Waals surface area (Å²) in [6.45, 7) is 2.13. The Labute approximate surface area is 126 Å². The molecule has 0 saturated heterocycles. The molecule has 0 aromatic heterocycles. The smallest absolute Gasteiger partial charge is 0.305 e. The molecule has 1 aromatic rings. The largest absolute Gasteiger partial charge is 0.469 e. The van der Waals surface area contributed by atoms with Crippen LogP contribution in [0.3, 0.4) is 0 Å². The average Bonchev–Trinajstić information content (AvgIpc) is 2.52. The summed E-state index contributed by atoms with van der Waals surface area (Å²) in [6.07, 6.45) is 5.03. The Morgan fingerprint density at radius 2 is 1.81 bits per heavy atom. The van der Waals surface area contributed by atoms with Crippen LogP contribution in [0.4, 0.5) is 0 Å². The van der Waals surface area contributed by atoms with Crippen LogP contribution in [-0.2, 0) is 9.53 Å². The van der Waals surface area contributed by atoms with Crippen LogP contribution < -0.4 is 5.32 Å². The van der Waals surface area contributed by atoms with Crippen LogP contribution in [-0.4, -0.2) is 25.0 Å². The fourth-order valence-corrected chi connectivity index (χ4v) is 2.19. The van der Waals surface area contributed by atoms with E-state index in [2.05, 4.69) is 17.0 Å². The molecule has 0 unspecified atom stereocenters. The van der Waals surface area contributed by atoms with Crippen molar-refractivity contribution in [2.24, 2.45) is 0 Å². The van der Waals surface area contributed by atoms with Gasteiger partial charge in [-0.25, -0.2) is 0 Å². The third-order valence-corrected chi connectivity index (χ3v) is 3.44. The molecule has 4 nitrogen and oxygen atoms in total. The lowest BCUT2D eigenvalue weighted by molar-refractivity contribution is -0.140. The van der Waals surface area contributed by atoms with Crippen LogP contribution in [0.2, 0.25) is 0 Å².